The summed E-state index contributed by atoms with van der Waals surface area (Å²) in [5.74, 6) is 0.0799. The molecule has 3 atom stereocenters. The summed E-state index contributed by atoms with van der Waals surface area (Å²) in [5, 5.41) is 6.39. The average Bonchev–Trinajstić information content (AvgIpc) is 3.00. The summed E-state index contributed by atoms with van der Waals surface area (Å²) in [7, 11) is 1.68. The van der Waals surface area contributed by atoms with Gasteiger partial charge in [0, 0.05) is 32.7 Å². The molecule has 3 unspecified atom stereocenters. The third-order valence-electron chi connectivity index (χ3n) is 4.61. The molecule has 2 N–H and O–H groups in total. The van der Waals surface area contributed by atoms with E-state index in [1.807, 2.05) is 0 Å². The second kappa shape index (κ2) is 8.04. The summed E-state index contributed by atoms with van der Waals surface area (Å²) >= 11 is 0. The number of halogens is 3. The number of rotatable bonds is 4. The summed E-state index contributed by atoms with van der Waals surface area (Å²) in [4.78, 5) is 4.13. The van der Waals surface area contributed by atoms with Crippen molar-refractivity contribution in [2.45, 2.75) is 38.3 Å². The molecule has 128 valence electrons. The first kappa shape index (κ1) is 17.4. The first-order valence-corrected chi connectivity index (χ1v) is 8.08. The Balaban J connectivity index is 1.70. The van der Waals surface area contributed by atoms with Crippen molar-refractivity contribution in [2.24, 2.45) is 22.7 Å². The minimum absolute atomic E-state index is 0.0636. The summed E-state index contributed by atoms with van der Waals surface area (Å²) in [6.07, 6.45) is -1.01. The highest BCUT2D eigenvalue weighted by Crippen LogP contribution is 2.39. The standard InChI is InChI=1S/C15H26F3N3O/c1-19-14(21-9-12-5-6-22-10-12)20-8-11-3-2-4-13(7-11)15(16,17)18/h11-13H,2-10H2,1H3,(H2,19,20,21). The topological polar surface area (TPSA) is 45.7 Å². The molecule has 1 aliphatic carbocycles. The zero-order chi connectivity index (χ0) is 16.0. The van der Waals surface area contributed by atoms with E-state index in [0.717, 1.165) is 32.6 Å². The maximum Gasteiger partial charge on any atom is 0.391 e. The van der Waals surface area contributed by atoms with Gasteiger partial charge in [0.1, 0.15) is 0 Å². The van der Waals surface area contributed by atoms with Crippen LogP contribution in [0.2, 0.25) is 0 Å². The molecule has 1 aliphatic heterocycles. The third kappa shape index (κ3) is 5.34. The minimum Gasteiger partial charge on any atom is -0.381 e. The largest absolute Gasteiger partial charge is 0.391 e. The predicted molar refractivity (Wildman–Crippen MR) is 79.8 cm³/mol. The SMILES string of the molecule is CN=C(NCC1CCOC1)NCC1CCCC(C(F)(F)F)C1. The van der Waals surface area contributed by atoms with Crippen LogP contribution in [0, 0.1) is 17.8 Å². The van der Waals surface area contributed by atoms with Crippen LogP contribution in [0.1, 0.15) is 32.1 Å². The van der Waals surface area contributed by atoms with Crippen molar-refractivity contribution < 1.29 is 17.9 Å². The van der Waals surface area contributed by atoms with Crippen molar-refractivity contribution >= 4 is 5.96 Å². The van der Waals surface area contributed by atoms with Gasteiger partial charge in [0.15, 0.2) is 5.96 Å². The zero-order valence-electron chi connectivity index (χ0n) is 13.1. The lowest BCUT2D eigenvalue weighted by Gasteiger charge is -2.31. The summed E-state index contributed by atoms with van der Waals surface area (Å²) in [5.41, 5.74) is 0. The highest BCUT2D eigenvalue weighted by molar-refractivity contribution is 5.79. The number of aliphatic imine (C=N–C) groups is 1. The second-order valence-corrected chi connectivity index (χ2v) is 6.33. The van der Waals surface area contributed by atoms with Crippen molar-refractivity contribution in [1.82, 2.24) is 10.6 Å². The van der Waals surface area contributed by atoms with Crippen molar-refractivity contribution in [3.8, 4) is 0 Å². The Morgan fingerprint density at radius 2 is 1.86 bits per heavy atom. The molecule has 0 amide bonds. The molecular weight excluding hydrogens is 295 g/mol. The van der Waals surface area contributed by atoms with Gasteiger partial charge >= 0.3 is 6.18 Å². The van der Waals surface area contributed by atoms with Gasteiger partial charge in [-0.25, -0.2) is 0 Å². The Labute approximate surface area is 129 Å². The molecule has 2 fully saturated rings. The highest BCUT2D eigenvalue weighted by Gasteiger charge is 2.42. The molecular formula is C15H26F3N3O. The molecule has 1 heterocycles. The van der Waals surface area contributed by atoms with Crippen molar-refractivity contribution in [2.75, 3.05) is 33.4 Å². The maximum absolute atomic E-state index is 12.8. The fraction of sp³-hybridized carbons (Fsp3) is 0.933. The van der Waals surface area contributed by atoms with Crippen LogP contribution in [-0.2, 0) is 4.74 Å². The first-order valence-electron chi connectivity index (χ1n) is 8.08. The average molecular weight is 321 g/mol. The normalized spacial score (nSPS) is 30.4. The molecule has 22 heavy (non-hydrogen) atoms. The van der Waals surface area contributed by atoms with E-state index in [2.05, 4.69) is 15.6 Å². The van der Waals surface area contributed by atoms with Crippen LogP contribution in [0.5, 0.6) is 0 Å². The Kier molecular flexibility index (Phi) is 6.35. The monoisotopic (exact) mass is 321 g/mol. The summed E-state index contributed by atoms with van der Waals surface area (Å²) < 4.78 is 43.7. The summed E-state index contributed by atoms with van der Waals surface area (Å²) in [6, 6.07) is 0. The van der Waals surface area contributed by atoms with Crippen LogP contribution in [0.25, 0.3) is 0 Å². The van der Waals surface area contributed by atoms with Gasteiger partial charge in [-0.1, -0.05) is 6.42 Å². The van der Waals surface area contributed by atoms with Gasteiger partial charge in [0.05, 0.1) is 12.5 Å². The minimum atomic E-state index is -4.05. The molecule has 7 heteroatoms. The second-order valence-electron chi connectivity index (χ2n) is 6.33. The van der Waals surface area contributed by atoms with Crippen LogP contribution in [0.15, 0.2) is 4.99 Å². The lowest BCUT2D eigenvalue weighted by atomic mass is 9.81. The quantitative estimate of drug-likeness (QED) is 0.618. The number of hydrogen-bond donors (Lipinski definition) is 2. The molecule has 1 saturated carbocycles. The van der Waals surface area contributed by atoms with Crippen molar-refractivity contribution in [1.29, 1.82) is 0 Å². The number of ether oxygens (including phenoxy) is 1. The molecule has 0 aromatic carbocycles. The Morgan fingerprint density at radius 1 is 1.14 bits per heavy atom. The summed E-state index contributed by atoms with van der Waals surface area (Å²) in [6.45, 7) is 2.90. The molecule has 0 aromatic rings. The molecule has 0 bridgehead atoms. The van der Waals surface area contributed by atoms with E-state index in [0.29, 0.717) is 24.8 Å². The van der Waals surface area contributed by atoms with Gasteiger partial charge in [-0.15, -0.1) is 0 Å². The molecule has 0 aromatic heterocycles. The molecule has 2 aliphatic rings. The van der Waals surface area contributed by atoms with Gasteiger partial charge in [0.2, 0.25) is 0 Å². The maximum atomic E-state index is 12.8. The van der Waals surface area contributed by atoms with E-state index < -0.39 is 12.1 Å². The van der Waals surface area contributed by atoms with Crippen LogP contribution in [-0.4, -0.2) is 45.5 Å². The van der Waals surface area contributed by atoms with E-state index in [9.17, 15) is 13.2 Å². The van der Waals surface area contributed by atoms with Crippen LogP contribution < -0.4 is 10.6 Å². The van der Waals surface area contributed by atoms with E-state index >= 15 is 0 Å². The van der Waals surface area contributed by atoms with Gasteiger partial charge < -0.3 is 15.4 Å². The number of nitrogens with zero attached hydrogens (tertiary/aromatic N) is 1. The number of nitrogens with one attached hydrogen (secondary N) is 2. The molecule has 2 rings (SSSR count). The fourth-order valence-electron chi connectivity index (χ4n) is 3.22. The molecule has 0 radical (unpaired) electrons. The first-order chi connectivity index (χ1) is 10.5. The number of alkyl halides is 3. The molecule has 0 spiro atoms. The van der Waals surface area contributed by atoms with Crippen LogP contribution >= 0.6 is 0 Å². The van der Waals surface area contributed by atoms with Gasteiger partial charge in [-0.3, -0.25) is 4.99 Å². The van der Waals surface area contributed by atoms with Gasteiger partial charge in [-0.05, 0) is 31.6 Å². The molecule has 1 saturated heterocycles. The highest BCUT2D eigenvalue weighted by atomic mass is 19.4. The van der Waals surface area contributed by atoms with E-state index in [-0.39, 0.29) is 18.8 Å². The smallest absolute Gasteiger partial charge is 0.381 e. The number of guanidine groups is 1. The van der Waals surface area contributed by atoms with Crippen LogP contribution in [0.3, 0.4) is 0 Å². The molecule has 4 nitrogen and oxygen atoms in total. The number of hydrogen-bond acceptors (Lipinski definition) is 2. The Morgan fingerprint density at radius 3 is 2.45 bits per heavy atom. The fourth-order valence-corrected chi connectivity index (χ4v) is 3.22. The Hall–Kier alpha value is -0.980. The van der Waals surface area contributed by atoms with E-state index in [1.165, 1.54) is 0 Å². The Bertz CT molecular complexity index is 368. The third-order valence-corrected chi connectivity index (χ3v) is 4.61. The zero-order valence-corrected chi connectivity index (χ0v) is 13.1. The lowest BCUT2D eigenvalue weighted by Crippen LogP contribution is -2.43. The predicted octanol–water partition coefficient (Wildman–Crippen LogP) is 2.56. The van der Waals surface area contributed by atoms with Crippen molar-refractivity contribution in [3.05, 3.63) is 0 Å². The van der Waals surface area contributed by atoms with Crippen LogP contribution in [0.4, 0.5) is 13.2 Å². The van der Waals surface area contributed by atoms with E-state index in [1.54, 1.807) is 7.05 Å². The van der Waals surface area contributed by atoms with E-state index in [4.69, 9.17) is 4.74 Å². The van der Waals surface area contributed by atoms with Gasteiger partial charge in [-0.2, -0.15) is 13.2 Å². The lowest BCUT2D eigenvalue weighted by molar-refractivity contribution is -0.185. The van der Waals surface area contributed by atoms with Crippen molar-refractivity contribution in [3.63, 3.8) is 0 Å². The van der Waals surface area contributed by atoms with Gasteiger partial charge in [0.25, 0.3) is 0 Å².